The number of amides is 2. The summed E-state index contributed by atoms with van der Waals surface area (Å²) in [4.78, 5) is 35.1. The van der Waals surface area contributed by atoms with Gasteiger partial charge in [-0.2, -0.15) is 0 Å². The third-order valence-corrected chi connectivity index (χ3v) is 3.87. The van der Waals surface area contributed by atoms with E-state index in [9.17, 15) is 14.4 Å². The maximum Gasteiger partial charge on any atom is 0.329 e. The smallest absolute Gasteiger partial charge is 0.329 e. The van der Waals surface area contributed by atoms with Crippen LogP contribution in [0, 0.1) is 12.8 Å². The summed E-state index contributed by atoms with van der Waals surface area (Å²) in [6.45, 7) is 5.73. The first-order valence-corrected chi connectivity index (χ1v) is 7.70. The first-order chi connectivity index (χ1) is 10.7. The number of nitrogens with one attached hydrogen (secondary N) is 2. The van der Waals surface area contributed by atoms with Crippen LogP contribution >= 0.6 is 0 Å². The SMILES string of the molecule is Cc1cc(C(=O)NC2(C(=O)O)CC2)ccc1NC(=O)CC(C)C. The molecule has 124 valence electrons. The highest BCUT2D eigenvalue weighted by atomic mass is 16.4. The molecule has 1 aliphatic rings. The fourth-order valence-electron chi connectivity index (χ4n) is 2.32. The van der Waals surface area contributed by atoms with Gasteiger partial charge in [-0.25, -0.2) is 4.79 Å². The molecule has 3 N–H and O–H groups in total. The predicted molar refractivity (Wildman–Crippen MR) is 86.3 cm³/mol. The minimum absolute atomic E-state index is 0.0666. The van der Waals surface area contributed by atoms with Crippen LogP contribution in [0.25, 0.3) is 0 Å². The van der Waals surface area contributed by atoms with Gasteiger partial charge in [0.25, 0.3) is 5.91 Å². The number of benzene rings is 1. The van der Waals surface area contributed by atoms with Crippen molar-refractivity contribution in [3.05, 3.63) is 29.3 Å². The van der Waals surface area contributed by atoms with Crippen molar-refractivity contribution in [1.29, 1.82) is 0 Å². The number of rotatable bonds is 6. The summed E-state index contributed by atoms with van der Waals surface area (Å²) in [5, 5.41) is 14.5. The van der Waals surface area contributed by atoms with Gasteiger partial charge in [-0.1, -0.05) is 13.8 Å². The highest BCUT2D eigenvalue weighted by molar-refractivity contribution is 6.00. The molecular weight excluding hydrogens is 296 g/mol. The van der Waals surface area contributed by atoms with E-state index in [-0.39, 0.29) is 11.8 Å². The van der Waals surface area contributed by atoms with Gasteiger partial charge in [-0.15, -0.1) is 0 Å². The lowest BCUT2D eigenvalue weighted by atomic mass is 10.1. The van der Waals surface area contributed by atoms with Crippen molar-refractivity contribution >= 4 is 23.5 Å². The Morgan fingerprint density at radius 2 is 1.91 bits per heavy atom. The molecule has 23 heavy (non-hydrogen) atoms. The summed E-state index contributed by atoms with van der Waals surface area (Å²) < 4.78 is 0. The number of aryl methyl sites for hydroxylation is 1. The van der Waals surface area contributed by atoms with Gasteiger partial charge >= 0.3 is 5.97 Å². The highest BCUT2D eigenvalue weighted by Gasteiger charge is 2.51. The van der Waals surface area contributed by atoms with Crippen molar-refractivity contribution in [2.24, 2.45) is 5.92 Å². The average Bonchev–Trinajstić information content (AvgIpc) is 3.21. The summed E-state index contributed by atoms with van der Waals surface area (Å²) in [7, 11) is 0. The molecule has 0 spiro atoms. The topological polar surface area (TPSA) is 95.5 Å². The first-order valence-electron chi connectivity index (χ1n) is 7.70. The third kappa shape index (κ3) is 4.09. The Bertz CT molecular complexity index is 648. The molecule has 0 radical (unpaired) electrons. The lowest BCUT2D eigenvalue weighted by molar-refractivity contribution is -0.140. The van der Waals surface area contributed by atoms with Gasteiger partial charge in [0.1, 0.15) is 5.54 Å². The Balaban J connectivity index is 2.05. The minimum atomic E-state index is -1.10. The normalized spacial score (nSPS) is 15.1. The molecule has 1 aromatic carbocycles. The Labute approximate surface area is 135 Å². The van der Waals surface area contributed by atoms with Gasteiger partial charge in [0.2, 0.25) is 5.91 Å². The van der Waals surface area contributed by atoms with Crippen LogP contribution in [0.4, 0.5) is 5.69 Å². The van der Waals surface area contributed by atoms with Crippen LogP contribution in [0.15, 0.2) is 18.2 Å². The van der Waals surface area contributed by atoms with Crippen LogP contribution in [0.5, 0.6) is 0 Å². The molecule has 0 unspecified atom stereocenters. The molecule has 2 rings (SSSR count). The van der Waals surface area contributed by atoms with Crippen molar-refractivity contribution in [3.8, 4) is 0 Å². The molecule has 1 aliphatic carbocycles. The van der Waals surface area contributed by atoms with Crippen molar-refractivity contribution in [3.63, 3.8) is 0 Å². The van der Waals surface area contributed by atoms with Crippen LogP contribution in [-0.2, 0) is 9.59 Å². The fraction of sp³-hybridized carbons (Fsp3) is 0.471. The van der Waals surface area contributed by atoms with Gasteiger partial charge in [-0.3, -0.25) is 9.59 Å². The Hall–Kier alpha value is -2.37. The molecule has 6 nitrogen and oxygen atoms in total. The van der Waals surface area contributed by atoms with E-state index in [1.807, 2.05) is 13.8 Å². The average molecular weight is 318 g/mol. The maximum atomic E-state index is 12.2. The summed E-state index contributed by atoms with van der Waals surface area (Å²) in [5.41, 5.74) is 0.702. The lowest BCUT2D eigenvalue weighted by Crippen LogP contribution is -2.43. The second-order valence-electron chi connectivity index (χ2n) is 6.52. The Kier molecular flexibility index (Phi) is 4.73. The van der Waals surface area contributed by atoms with E-state index in [4.69, 9.17) is 5.11 Å². The zero-order valence-corrected chi connectivity index (χ0v) is 13.6. The van der Waals surface area contributed by atoms with Gasteiger partial charge in [-0.05, 0) is 49.4 Å². The van der Waals surface area contributed by atoms with E-state index in [1.165, 1.54) is 0 Å². The van der Waals surface area contributed by atoms with Crippen LogP contribution < -0.4 is 10.6 Å². The van der Waals surface area contributed by atoms with Crippen molar-refractivity contribution in [2.45, 2.75) is 45.6 Å². The zero-order chi connectivity index (χ0) is 17.2. The molecular formula is C17H22N2O4. The summed E-state index contributed by atoms with van der Waals surface area (Å²) >= 11 is 0. The molecule has 0 bridgehead atoms. The molecule has 6 heteroatoms. The zero-order valence-electron chi connectivity index (χ0n) is 13.6. The Morgan fingerprint density at radius 1 is 1.26 bits per heavy atom. The van der Waals surface area contributed by atoms with E-state index in [1.54, 1.807) is 25.1 Å². The van der Waals surface area contributed by atoms with Gasteiger partial charge in [0.05, 0.1) is 0 Å². The minimum Gasteiger partial charge on any atom is -0.480 e. The molecule has 1 saturated carbocycles. The fourth-order valence-corrected chi connectivity index (χ4v) is 2.32. The van der Waals surface area contributed by atoms with E-state index < -0.39 is 17.4 Å². The van der Waals surface area contributed by atoms with Crippen LogP contribution in [0.2, 0.25) is 0 Å². The largest absolute Gasteiger partial charge is 0.480 e. The molecule has 1 fully saturated rings. The molecule has 0 aliphatic heterocycles. The molecule has 2 amide bonds. The molecule has 1 aromatic rings. The van der Waals surface area contributed by atoms with E-state index in [2.05, 4.69) is 10.6 Å². The van der Waals surface area contributed by atoms with E-state index in [0.717, 1.165) is 5.56 Å². The third-order valence-electron chi connectivity index (χ3n) is 3.87. The number of carbonyl (C=O) groups is 3. The summed E-state index contributed by atoms with van der Waals surface area (Å²) in [6, 6.07) is 4.91. The second-order valence-corrected chi connectivity index (χ2v) is 6.52. The lowest BCUT2D eigenvalue weighted by Gasteiger charge is -2.14. The van der Waals surface area contributed by atoms with Gasteiger partial charge < -0.3 is 15.7 Å². The number of carbonyl (C=O) groups excluding carboxylic acids is 2. The monoisotopic (exact) mass is 318 g/mol. The molecule has 0 heterocycles. The van der Waals surface area contributed by atoms with Crippen molar-refractivity contribution in [1.82, 2.24) is 5.32 Å². The number of hydrogen-bond donors (Lipinski definition) is 3. The highest BCUT2D eigenvalue weighted by Crippen LogP contribution is 2.35. The first kappa shape index (κ1) is 17.0. The summed E-state index contributed by atoms with van der Waals surface area (Å²) in [5.74, 6) is -1.21. The van der Waals surface area contributed by atoms with Gasteiger partial charge in [0, 0.05) is 17.7 Å². The predicted octanol–water partition coefficient (Wildman–Crippen LogP) is 2.33. The molecule has 0 atom stereocenters. The maximum absolute atomic E-state index is 12.2. The molecule has 0 saturated heterocycles. The van der Waals surface area contributed by atoms with Crippen LogP contribution in [0.1, 0.15) is 49.0 Å². The second kappa shape index (κ2) is 6.40. The van der Waals surface area contributed by atoms with Crippen LogP contribution in [0.3, 0.4) is 0 Å². The van der Waals surface area contributed by atoms with Crippen molar-refractivity contribution in [2.75, 3.05) is 5.32 Å². The quantitative estimate of drug-likeness (QED) is 0.750. The molecule has 0 aromatic heterocycles. The van der Waals surface area contributed by atoms with Crippen LogP contribution in [-0.4, -0.2) is 28.4 Å². The summed E-state index contributed by atoms with van der Waals surface area (Å²) in [6.07, 6.45) is 1.34. The Morgan fingerprint density at radius 3 is 2.39 bits per heavy atom. The van der Waals surface area contributed by atoms with E-state index >= 15 is 0 Å². The van der Waals surface area contributed by atoms with Crippen molar-refractivity contribution < 1.29 is 19.5 Å². The standard InChI is InChI=1S/C17H22N2O4/c1-10(2)8-14(20)18-13-5-4-12(9-11(13)3)15(21)19-17(6-7-17)16(22)23/h4-5,9-10H,6-8H2,1-3H3,(H,18,20)(H,19,21)(H,22,23). The number of anilines is 1. The number of hydrogen-bond acceptors (Lipinski definition) is 3. The van der Waals surface area contributed by atoms with Gasteiger partial charge in [0.15, 0.2) is 0 Å². The number of carboxylic acid groups (broad SMARTS) is 1. The van der Waals surface area contributed by atoms with E-state index in [0.29, 0.717) is 30.5 Å². The number of aliphatic carboxylic acids is 1. The number of carboxylic acids is 1.